The zero-order valence-corrected chi connectivity index (χ0v) is 16.3. The third kappa shape index (κ3) is 4.12. The lowest BCUT2D eigenvalue weighted by Crippen LogP contribution is -2.31. The summed E-state index contributed by atoms with van der Waals surface area (Å²) in [5.74, 6) is 1.48. The van der Waals surface area contributed by atoms with Gasteiger partial charge in [0.05, 0.1) is 11.8 Å². The molecule has 0 atom stereocenters. The Labute approximate surface area is 165 Å². The van der Waals surface area contributed by atoms with Gasteiger partial charge in [0, 0.05) is 60.8 Å². The van der Waals surface area contributed by atoms with Crippen LogP contribution in [0.25, 0.3) is 11.4 Å². The lowest BCUT2D eigenvalue weighted by molar-refractivity contribution is 0.211. The van der Waals surface area contributed by atoms with E-state index in [0.717, 1.165) is 60.3 Å². The number of benzene rings is 1. The highest BCUT2D eigenvalue weighted by Crippen LogP contribution is 2.24. The van der Waals surface area contributed by atoms with Crippen LogP contribution in [0.2, 0.25) is 0 Å². The summed E-state index contributed by atoms with van der Waals surface area (Å²) < 4.78 is 5.86. The Morgan fingerprint density at radius 3 is 2.75 bits per heavy atom. The van der Waals surface area contributed by atoms with Crippen LogP contribution in [0.4, 0.5) is 5.69 Å². The van der Waals surface area contributed by atoms with Crippen LogP contribution >= 0.6 is 0 Å². The quantitative estimate of drug-likeness (QED) is 0.688. The van der Waals surface area contributed by atoms with Crippen molar-refractivity contribution in [2.24, 2.45) is 0 Å². The fourth-order valence-corrected chi connectivity index (χ4v) is 3.40. The Bertz CT molecular complexity index is 955. The second-order valence-electron chi connectivity index (χ2n) is 7.38. The number of nitrogens with zero attached hydrogens (tertiary/aromatic N) is 4. The number of anilines is 1. The number of hydrogen-bond acceptors (Lipinski definition) is 6. The zero-order chi connectivity index (χ0) is 19.5. The van der Waals surface area contributed by atoms with Gasteiger partial charge >= 0.3 is 0 Å². The first-order chi connectivity index (χ1) is 13.6. The highest BCUT2D eigenvalue weighted by atomic mass is 16.5. The van der Waals surface area contributed by atoms with Gasteiger partial charge in [-0.2, -0.15) is 0 Å². The molecule has 28 heavy (non-hydrogen) atoms. The maximum Gasteiger partial charge on any atom is 0.218 e. The van der Waals surface area contributed by atoms with Crippen LogP contribution in [0.5, 0.6) is 5.88 Å². The summed E-state index contributed by atoms with van der Waals surface area (Å²) in [5, 5.41) is 0. The lowest BCUT2D eigenvalue weighted by Gasteiger charge is -2.28. The van der Waals surface area contributed by atoms with Gasteiger partial charge in [0.2, 0.25) is 5.88 Å². The Morgan fingerprint density at radius 1 is 1.14 bits per heavy atom. The SMILES string of the molecule is CC(C)Oc1ncccc1CN1CCc2nc(-c3ccc(N)cc3)ncc2C1. The molecule has 0 amide bonds. The van der Waals surface area contributed by atoms with Gasteiger partial charge in [0.25, 0.3) is 0 Å². The van der Waals surface area contributed by atoms with E-state index in [0.29, 0.717) is 0 Å². The van der Waals surface area contributed by atoms with Gasteiger partial charge in [-0.1, -0.05) is 6.07 Å². The smallest absolute Gasteiger partial charge is 0.218 e. The van der Waals surface area contributed by atoms with Crippen LogP contribution in [-0.2, 0) is 19.5 Å². The molecule has 0 saturated heterocycles. The molecule has 0 fully saturated rings. The first kappa shape index (κ1) is 18.4. The minimum absolute atomic E-state index is 0.107. The Kier molecular flexibility index (Phi) is 5.21. The molecule has 0 saturated carbocycles. The molecule has 6 nitrogen and oxygen atoms in total. The number of nitrogens with two attached hydrogens (primary N) is 1. The molecular weight excluding hydrogens is 350 g/mol. The zero-order valence-electron chi connectivity index (χ0n) is 16.3. The minimum atomic E-state index is 0.107. The molecule has 2 aromatic heterocycles. The summed E-state index contributed by atoms with van der Waals surface area (Å²) in [4.78, 5) is 16.2. The minimum Gasteiger partial charge on any atom is -0.475 e. The van der Waals surface area contributed by atoms with E-state index in [1.807, 2.05) is 50.4 Å². The summed E-state index contributed by atoms with van der Waals surface area (Å²) in [6.45, 7) is 6.61. The van der Waals surface area contributed by atoms with Crippen molar-refractivity contribution in [1.29, 1.82) is 0 Å². The van der Waals surface area contributed by atoms with Gasteiger partial charge in [-0.15, -0.1) is 0 Å². The Morgan fingerprint density at radius 2 is 1.96 bits per heavy atom. The van der Waals surface area contributed by atoms with E-state index in [1.165, 1.54) is 5.56 Å². The number of rotatable bonds is 5. The average molecular weight is 375 g/mol. The van der Waals surface area contributed by atoms with E-state index in [-0.39, 0.29) is 6.10 Å². The van der Waals surface area contributed by atoms with Crippen LogP contribution in [0.15, 0.2) is 48.8 Å². The monoisotopic (exact) mass is 375 g/mol. The second kappa shape index (κ2) is 7.94. The van der Waals surface area contributed by atoms with Crippen LogP contribution in [0.3, 0.4) is 0 Å². The van der Waals surface area contributed by atoms with Crippen molar-refractivity contribution < 1.29 is 4.74 Å². The molecule has 0 radical (unpaired) electrons. The first-order valence-electron chi connectivity index (χ1n) is 9.62. The Balaban J connectivity index is 1.49. The number of pyridine rings is 1. The summed E-state index contributed by atoms with van der Waals surface area (Å²) >= 11 is 0. The van der Waals surface area contributed by atoms with E-state index < -0.39 is 0 Å². The normalized spacial score (nSPS) is 14.1. The molecular formula is C22H25N5O. The summed E-state index contributed by atoms with van der Waals surface area (Å²) in [6, 6.07) is 11.7. The van der Waals surface area contributed by atoms with Crippen molar-refractivity contribution in [3.05, 3.63) is 65.6 Å². The summed E-state index contributed by atoms with van der Waals surface area (Å²) in [7, 11) is 0. The largest absolute Gasteiger partial charge is 0.475 e. The number of aromatic nitrogens is 3. The van der Waals surface area contributed by atoms with Gasteiger partial charge < -0.3 is 10.5 Å². The van der Waals surface area contributed by atoms with Gasteiger partial charge in [-0.25, -0.2) is 15.0 Å². The van der Waals surface area contributed by atoms with Gasteiger partial charge in [-0.05, 0) is 44.2 Å². The molecule has 4 rings (SSSR count). The molecule has 0 spiro atoms. The van der Waals surface area contributed by atoms with E-state index >= 15 is 0 Å². The van der Waals surface area contributed by atoms with E-state index in [9.17, 15) is 0 Å². The summed E-state index contributed by atoms with van der Waals surface area (Å²) in [5.41, 5.74) is 10.9. The molecule has 0 unspecified atom stereocenters. The molecule has 0 aliphatic carbocycles. The number of nitrogen functional groups attached to an aromatic ring is 1. The van der Waals surface area contributed by atoms with Gasteiger partial charge in [0.15, 0.2) is 5.82 Å². The molecule has 1 aromatic carbocycles. The van der Waals surface area contributed by atoms with Crippen LogP contribution in [-0.4, -0.2) is 32.5 Å². The highest BCUT2D eigenvalue weighted by molar-refractivity contribution is 5.58. The van der Waals surface area contributed by atoms with Crippen molar-refractivity contribution in [1.82, 2.24) is 19.9 Å². The third-order valence-corrected chi connectivity index (χ3v) is 4.77. The lowest BCUT2D eigenvalue weighted by atomic mass is 10.1. The molecule has 6 heteroatoms. The molecule has 1 aliphatic rings. The number of ether oxygens (including phenoxy) is 1. The van der Waals surface area contributed by atoms with E-state index in [2.05, 4.69) is 20.9 Å². The Hall–Kier alpha value is -2.99. The maximum atomic E-state index is 5.86. The first-order valence-corrected chi connectivity index (χ1v) is 9.62. The fourth-order valence-electron chi connectivity index (χ4n) is 3.40. The van der Waals surface area contributed by atoms with Gasteiger partial charge in [0.1, 0.15) is 0 Å². The van der Waals surface area contributed by atoms with E-state index in [4.69, 9.17) is 15.5 Å². The van der Waals surface area contributed by atoms with Crippen molar-refractivity contribution in [2.75, 3.05) is 12.3 Å². The van der Waals surface area contributed by atoms with Crippen molar-refractivity contribution in [3.63, 3.8) is 0 Å². The van der Waals surface area contributed by atoms with Crippen molar-refractivity contribution in [2.45, 2.75) is 39.5 Å². The van der Waals surface area contributed by atoms with Crippen LogP contribution < -0.4 is 10.5 Å². The number of hydrogen-bond donors (Lipinski definition) is 1. The molecule has 2 N–H and O–H groups in total. The molecule has 3 aromatic rings. The molecule has 1 aliphatic heterocycles. The van der Waals surface area contributed by atoms with Gasteiger partial charge in [-0.3, -0.25) is 4.90 Å². The maximum absolute atomic E-state index is 5.86. The van der Waals surface area contributed by atoms with Crippen molar-refractivity contribution in [3.8, 4) is 17.3 Å². The average Bonchev–Trinajstić information content (AvgIpc) is 2.69. The number of fused-ring (bicyclic) bond motifs is 1. The fraction of sp³-hybridized carbons (Fsp3) is 0.318. The molecule has 3 heterocycles. The third-order valence-electron chi connectivity index (χ3n) is 4.77. The van der Waals surface area contributed by atoms with Crippen LogP contribution in [0.1, 0.15) is 30.7 Å². The predicted octanol–water partition coefficient (Wildman–Crippen LogP) is 3.47. The summed E-state index contributed by atoms with van der Waals surface area (Å²) in [6.07, 6.45) is 4.74. The molecule has 0 bridgehead atoms. The van der Waals surface area contributed by atoms with Crippen molar-refractivity contribution >= 4 is 5.69 Å². The predicted molar refractivity (Wildman–Crippen MR) is 110 cm³/mol. The second-order valence-corrected chi connectivity index (χ2v) is 7.38. The topological polar surface area (TPSA) is 77.2 Å². The van der Waals surface area contributed by atoms with Crippen LogP contribution in [0, 0.1) is 0 Å². The highest BCUT2D eigenvalue weighted by Gasteiger charge is 2.20. The van der Waals surface area contributed by atoms with E-state index in [1.54, 1.807) is 6.20 Å². The standard InChI is InChI=1S/C22H25N5O/c1-15(2)28-22-17(4-3-10-24-22)13-27-11-9-20-18(14-27)12-25-21(26-20)16-5-7-19(23)8-6-16/h3-8,10,12,15H,9,11,13-14,23H2,1-2H3. The molecule has 144 valence electrons.